The number of halogens is 3. The summed E-state index contributed by atoms with van der Waals surface area (Å²) in [6, 6.07) is -0.695. The SMILES string of the molecule is CC1(C(=O)CBr)COCC1NC(=O)C(F)F. The van der Waals surface area contributed by atoms with E-state index in [1.165, 1.54) is 0 Å². The molecule has 0 aromatic heterocycles. The molecular weight excluding hydrogens is 288 g/mol. The van der Waals surface area contributed by atoms with Gasteiger partial charge in [-0.1, -0.05) is 15.9 Å². The molecule has 0 aromatic rings. The molecule has 1 N–H and O–H groups in total. The maximum Gasteiger partial charge on any atom is 0.315 e. The zero-order chi connectivity index (χ0) is 12.3. The summed E-state index contributed by atoms with van der Waals surface area (Å²) in [5, 5.41) is 2.23. The molecule has 1 fully saturated rings. The standard InChI is InChI=1S/C9H12BrF2NO3/c1-9(6(14)2-10)4-16-3-5(9)13-8(15)7(11)12/h5,7H,2-4H2,1H3,(H,13,15). The van der Waals surface area contributed by atoms with E-state index < -0.39 is 23.8 Å². The highest BCUT2D eigenvalue weighted by molar-refractivity contribution is 9.09. The highest BCUT2D eigenvalue weighted by Gasteiger charge is 2.46. The van der Waals surface area contributed by atoms with Gasteiger partial charge in [0.2, 0.25) is 0 Å². The van der Waals surface area contributed by atoms with Gasteiger partial charge in [-0.2, -0.15) is 8.78 Å². The smallest absolute Gasteiger partial charge is 0.315 e. The van der Waals surface area contributed by atoms with Crippen LogP contribution in [0.3, 0.4) is 0 Å². The minimum absolute atomic E-state index is 0.0771. The van der Waals surface area contributed by atoms with E-state index in [4.69, 9.17) is 4.74 Å². The normalized spacial score (nSPS) is 29.4. The third-order valence-electron chi connectivity index (χ3n) is 2.73. The number of nitrogens with one attached hydrogen (secondary N) is 1. The van der Waals surface area contributed by atoms with Crippen molar-refractivity contribution in [2.24, 2.45) is 5.41 Å². The van der Waals surface area contributed by atoms with Crippen molar-refractivity contribution in [2.45, 2.75) is 19.4 Å². The fourth-order valence-corrected chi connectivity index (χ4v) is 2.18. The second kappa shape index (κ2) is 5.18. The van der Waals surface area contributed by atoms with Gasteiger partial charge in [0.05, 0.1) is 30.0 Å². The molecule has 2 unspecified atom stereocenters. The first-order valence-electron chi connectivity index (χ1n) is 4.67. The third kappa shape index (κ3) is 2.57. The first-order chi connectivity index (χ1) is 7.41. The Hall–Kier alpha value is -0.560. The molecule has 1 saturated heterocycles. The van der Waals surface area contributed by atoms with Gasteiger partial charge in [0.25, 0.3) is 5.91 Å². The van der Waals surface area contributed by atoms with E-state index in [9.17, 15) is 18.4 Å². The molecular formula is C9H12BrF2NO3. The highest BCUT2D eigenvalue weighted by Crippen LogP contribution is 2.30. The average Bonchev–Trinajstić information content (AvgIpc) is 2.60. The molecule has 0 saturated carbocycles. The largest absolute Gasteiger partial charge is 0.378 e. The van der Waals surface area contributed by atoms with Gasteiger partial charge in [-0.3, -0.25) is 9.59 Å². The molecule has 0 spiro atoms. The molecule has 16 heavy (non-hydrogen) atoms. The van der Waals surface area contributed by atoms with E-state index >= 15 is 0 Å². The zero-order valence-electron chi connectivity index (χ0n) is 8.63. The number of carbonyl (C=O) groups is 2. The lowest BCUT2D eigenvalue weighted by molar-refractivity contribution is -0.134. The number of ether oxygens (including phenoxy) is 1. The quantitative estimate of drug-likeness (QED) is 0.779. The van der Waals surface area contributed by atoms with E-state index in [2.05, 4.69) is 21.2 Å². The van der Waals surface area contributed by atoms with Crippen LogP contribution in [-0.2, 0) is 14.3 Å². The van der Waals surface area contributed by atoms with Crippen molar-refractivity contribution in [3.63, 3.8) is 0 Å². The van der Waals surface area contributed by atoms with Crippen molar-refractivity contribution in [1.82, 2.24) is 5.32 Å². The minimum Gasteiger partial charge on any atom is -0.378 e. The summed E-state index contributed by atoms with van der Waals surface area (Å²) >= 11 is 3.02. The highest BCUT2D eigenvalue weighted by atomic mass is 79.9. The Morgan fingerprint density at radius 3 is 2.75 bits per heavy atom. The van der Waals surface area contributed by atoms with Crippen molar-refractivity contribution in [2.75, 3.05) is 18.5 Å². The van der Waals surface area contributed by atoms with Crippen LogP contribution in [0.1, 0.15) is 6.92 Å². The molecule has 2 atom stereocenters. The Kier molecular flexibility index (Phi) is 4.37. The molecule has 1 aliphatic rings. The van der Waals surface area contributed by atoms with Crippen molar-refractivity contribution in [3.8, 4) is 0 Å². The van der Waals surface area contributed by atoms with Gasteiger partial charge in [0.15, 0.2) is 5.78 Å². The van der Waals surface area contributed by atoms with Crippen LogP contribution in [-0.4, -0.2) is 42.7 Å². The Morgan fingerprint density at radius 2 is 2.25 bits per heavy atom. The molecule has 1 amide bonds. The van der Waals surface area contributed by atoms with Crippen molar-refractivity contribution < 1.29 is 23.1 Å². The number of Topliss-reactive ketones (excluding diaryl/α,β-unsaturated/α-hetero) is 1. The van der Waals surface area contributed by atoms with Gasteiger partial charge < -0.3 is 10.1 Å². The van der Waals surface area contributed by atoms with Crippen LogP contribution in [0.5, 0.6) is 0 Å². The summed E-state index contributed by atoms with van der Waals surface area (Å²) in [4.78, 5) is 22.5. The van der Waals surface area contributed by atoms with E-state index in [1.807, 2.05) is 0 Å². The first-order valence-corrected chi connectivity index (χ1v) is 5.79. The Balaban J connectivity index is 2.72. The first kappa shape index (κ1) is 13.5. The van der Waals surface area contributed by atoms with E-state index in [1.54, 1.807) is 6.92 Å². The second-order valence-corrected chi connectivity index (χ2v) is 4.41. The van der Waals surface area contributed by atoms with Crippen molar-refractivity contribution in [1.29, 1.82) is 0 Å². The lowest BCUT2D eigenvalue weighted by Crippen LogP contribution is -2.51. The minimum atomic E-state index is -3.08. The van der Waals surface area contributed by atoms with Crippen LogP contribution >= 0.6 is 15.9 Å². The van der Waals surface area contributed by atoms with Gasteiger partial charge in [-0.15, -0.1) is 0 Å². The van der Waals surface area contributed by atoms with Crippen LogP contribution in [0.25, 0.3) is 0 Å². The summed E-state index contributed by atoms with van der Waals surface area (Å²) in [7, 11) is 0. The van der Waals surface area contributed by atoms with Gasteiger partial charge in [0.1, 0.15) is 0 Å². The predicted octanol–water partition coefficient (Wildman–Crippen LogP) is 0.737. The molecule has 1 rings (SSSR count). The molecule has 0 radical (unpaired) electrons. The Labute approximate surface area is 99.8 Å². The van der Waals surface area contributed by atoms with Crippen LogP contribution in [0.2, 0.25) is 0 Å². The number of carbonyl (C=O) groups excluding carboxylic acids is 2. The van der Waals surface area contributed by atoms with E-state index in [0.29, 0.717) is 0 Å². The maximum absolute atomic E-state index is 12.1. The second-order valence-electron chi connectivity index (χ2n) is 3.85. The average molecular weight is 300 g/mol. The number of hydrogen-bond donors (Lipinski definition) is 1. The molecule has 0 aliphatic carbocycles. The molecule has 92 valence electrons. The monoisotopic (exact) mass is 299 g/mol. The van der Waals surface area contributed by atoms with Gasteiger partial charge >= 0.3 is 6.43 Å². The number of hydrogen-bond acceptors (Lipinski definition) is 3. The van der Waals surface area contributed by atoms with Crippen LogP contribution in [0.4, 0.5) is 8.78 Å². The molecule has 4 nitrogen and oxygen atoms in total. The van der Waals surface area contributed by atoms with Crippen molar-refractivity contribution in [3.05, 3.63) is 0 Å². The van der Waals surface area contributed by atoms with Crippen LogP contribution in [0.15, 0.2) is 0 Å². The fourth-order valence-electron chi connectivity index (χ4n) is 1.54. The summed E-state index contributed by atoms with van der Waals surface area (Å²) in [5.41, 5.74) is -0.936. The topological polar surface area (TPSA) is 55.4 Å². The third-order valence-corrected chi connectivity index (χ3v) is 3.24. The number of alkyl halides is 3. The molecule has 0 bridgehead atoms. The van der Waals surface area contributed by atoms with Gasteiger partial charge in [-0.25, -0.2) is 0 Å². The van der Waals surface area contributed by atoms with Gasteiger partial charge in [-0.05, 0) is 6.92 Å². The van der Waals surface area contributed by atoms with E-state index in [0.717, 1.165) is 0 Å². The number of amides is 1. The van der Waals surface area contributed by atoms with Crippen LogP contribution < -0.4 is 5.32 Å². The lowest BCUT2D eigenvalue weighted by Gasteiger charge is -2.27. The summed E-state index contributed by atoms with van der Waals surface area (Å²) in [5.74, 6) is -1.55. The van der Waals surface area contributed by atoms with Crippen molar-refractivity contribution >= 4 is 27.6 Å². The van der Waals surface area contributed by atoms with Crippen LogP contribution in [0, 0.1) is 5.41 Å². The summed E-state index contributed by atoms with van der Waals surface area (Å²) < 4.78 is 29.2. The Bertz CT molecular complexity index is 300. The maximum atomic E-state index is 12.1. The van der Waals surface area contributed by atoms with Gasteiger partial charge in [0, 0.05) is 0 Å². The molecule has 7 heteroatoms. The fraction of sp³-hybridized carbons (Fsp3) is 0.778. The zero-order valence-corrected chi connectivity index (χ0v) is 10.2. The number of ketones is 1. The summed E-state index contributed by atoms with van der Waals surface area (Å²) in [6.07, 6.45) is -3.08. The Morgan fingerprint density at radius 1 is 1.62 bits per heavy atom. The molecule has 0 aromatic carbocycles. The molecule has 1 aliphatic heterocycles. The van der Waals surface area contributed by atoms with E-state index in [-0.39, 0.29) is 24.3 Å². The lowest BCUT2D eigenvalue weighted by atomic mass is 9.81. The summed E-state index contributed by atoms with van der Waals surface area (Å²) in [6.45, 7) is 1.80. The number of rotatable bonds is 4. The molecule has 1 heterocycles. The predicted molar refractivity (Wildman–Crippen MR) is 55.7 cm³/mol.